The fraction of sp³-hybridized carbons (Fsp3) is 0.742. The molecule has 7 nitrogen and oxygen atoms in total. The number of nitrogens with zero attached hydrogens (tertiary/aromatic N) is 2. The zero-order valence-electron chi connectivity index (χ0n) is 25.4. The zero-order valence-corrected chi connectivity index (χ0v) is 26.2. The van der Waals surface area contributed by atoms with E-state index in [2.05, 4.69) is 51.8 Å². The number of carbonyl (C=O) groups is 2. The van der Waals surface area contributed by atoms with Crippen LogP contribution in [-0.2, 0) is 20.0 Å². The Labute approximate surface area is 237 Å². The zero-order chi connectivity index (χ0) is 29.1. The predicted octanol–water partition coefficient (Wildman–Crippen LogP) is 4.80. The molecule has 0 radical (unpaired) electrons. The molecule has 39 heavy (non-hydrogen) atoms. The summed E-state index contributed by atoms with van der Waals surface area (Å²) in [6.07, 6.45) is 4.10. The Morgan fingerprint density at radius 2 is 1.82 bits per heavy atom. The van der Waals surface area contributed by atoms with Crippen molar-refractivity contribution in [2.45, 2.75) is 122 Å². The average molecular weight is 562 g/mol. The van der Waals surface area contributed by atoms with Crippen LogP contribution in [0.3, 0.4) is 0 Å². The van der Waals surface area contributed by atoms with Gasteiger partial charge in [-0.1, -0.05) is 39.8 Å². The molecule has 1 aliphatic heterocycles. The highest BCUT2D eigenvalue weighted by Gasteiger charge is 2.44. The minimum absolute atomic E-state index is 0.0806. The van der Waals surface area contributed by atoms with Crippen molar-refractivity contribution in [2.24, 2.45) is 5.92 Å². The maximum absolute atomic E-state index is 13.6. The van der Waals surface area contributed by atoms with Gasteiger partial charge in [0.2, 0.25) is 5.91 Å². The van der Waals surface area contributed by atoms with Crippen LogP contribution in [0.25, 0.3) is 0 Å². The monoisotopic (exact) mass is 561 g/mol. The van der Waals surface area contributed by atoms with E-state index in [0.29, 0.717) is 30.6 Å². The number of carbonyl (C=O) groups excluding carboxylic acids is 2. The second-order valence-electron chi connectivity index (χ2n) is 13.2. The van der Waals surface area contributed by atoms with Crippen molar-refractivity contribution in [2.75, 3.05) is 18.8 Å². The normalized spacial score (nSPS) is 24.7. The van der Waals surface area contributed by atoms with Crippen LogP contribution in [0.2, 0.25) is 0 Å². The quantitative estimate of drug-likeness (QED) is 0.444. The molecule has 2 fully saturated rings. The van der Waals surface area contributed by atoms with Gasteiger partial charge in [-0.15, -0.1) is 0 Å². The Kier molecular flexibility index (Phi) is 10.3. The van der Waals surface area contributed by atoms with Gasteiger partial charge in [0, 0.05) is 30.2 Å². The third-order valence-corrected chi connectivity index (χ3v) is 11.0. The topological polar surface area (TPSA) is 86.8 Å². The Hall–Kier alpha value is -1.93. The van der Waals surface area contributed by atoms with Crippen LogP contribution >= 0.6 is 0 Å². The standard InChI is InChI=1S/C31H51N3O4S/c1-9-16-33(21(2)3)26-13-14-28(24(19-26)20-39(37,38)22(4)5)34-17-15-27(30(34)36)32-29(35)23-11-10-12-25(18-23)31(6,7)8/h10-12,18,21-22,24,26-28H,9,13-17,19-20H2,1-8H3,(H,32,35)/t24-,26-,27+,28+/m1/s1. The summed E-state index contributed by atoms with van der Waals surface area (Å²) in [6.45, 7) is 17.9. The van der Waals surface area contributed by atoms with E-state index >= 15 is 0 Å². The number of likely N-dealkylation sites (tertiary alicyclic amines) is 1. The third kappa shape index (κ3) is 7.63. The van der Waals surface area contributed by atoms with Gasteiger partial charge in [-0.2, -0.15) is 0 Å². The summed E-state index contributed by atoms with van der Waals surface area (Å²) < 4.78 is 26.1. The number of sulfone groups is 1. The van der Waals surface area contributed by atoms with E-state index in [1.54, 1.807) is 19.9 Å². The molecule has 1 N–H and O–H groups in total. The van der Waals surface area contributed by atoms with E-state index in [9.17, 15) is 18.0 Å². The van der Waals surface area contributed by atoms with Gasteiger partial charge in [0.15, 0.2) is 9.84 Å². The van der Waals surface area contributed by atoms with Gasteiger partial charge in [-0.3, -0.25) is 14.5 Å². The summed E-state index contributed by atoms with van der Waals surface area (Å²) in [5, 5.41) is 2.53. The van der Waals surface area contributed by atoms with Gasteiger partial charge in [0.1, 0.15) is 6.04 Å². The Morgan fingerprint density at radius 1 is 1.13 bits per heavy atom. The lowest BCUT2D eigenvalue weighted by molar-refractivity contribution is -0.133. The molecule has 0 unspecified atom stereocenters. The Morgan fingerprint density at radius 3 is 2.41 bits per heavy atom. The molecule has 1 saturated heterocycles. The number of benzene rings is 1. The number of amides is 2. The minimum Gasteiger partial charge on any atom is -0.340 e. The van der Waals surface area contributed by atoms with Crippen molar-refractivity contribution >= 4 is 21.7 Å². The van der Waals surface area contributed by atoms with Gasteiger partial charge in [0.05, 0.1) is 11.0 Å². The second kappa shape index (κ2) is 12.7. The summed E-state index contributed by atoms with van der Waals surface area (Å²) in [5.41, 5.74) is 1.54. The Balaban J connectivity index is 1.77. The fourth-order valence-corrected chi connectivity index (χ4v) is 7.60. The summed E-state index contributed by atoms with van der Waals surface area (Å²) in [4.78, 5) is 31.1. The van der Waals surface area contributed by atoms with E-state index in [0.717, 1.165) is 37.8 Å². The molecule has 1 heterocycles. The molecule has 4 atom stereocenters. The van der Waals surface area contributed by atoms with Crippen molar-refractivity contribution in [3.05, 3.63) is 35.4 Å². The summed E-state index contributed by atoms with van der Waals surface area (Å²) in [7, 11) is -3.27. The lowest BCUT2D eigenvalue weighted by Crippen LogP contribution is -2.54. The van der Waals surface area contributed by atoms with E-state index in [4.69, 9.17) is 0 Å². The molecule has 1 aromatic carbocycles. The van der Waals surface area contributed by atoms with E-state index in [1.807, 2.05) is 23.1 Å². The van der Waals surface area contributed by atoms with Crippen molar-refractivity contribution < 1.29 is 18.0 Å². The molecule has 2 amide bonds. The van der Waals surface area contributed by atoms with Crippen LogP contribution in [0.4, 0.5) is 0 Å². The van der Waals surface area contributed by atoms with E-state index in [1.165, 1.54) is 0 Å². The van der Waals surface area contributed by atoms with Crippen molar-refractivity contribution in [3.8, 4) is 0 Å². The molecular weight excluding hydrogens is 510 g/mol. The first-order valence-electron chi connectivity index (χ1n) is 14.8. The highest BCUT2D eigenvalue weighted by Crippen LogP contribution is 2.36. The average Bonchev–Trinajstić information content (AvgIpc) is 3.21. The maximum Gasteiger partial charge on any atom is 0.251 e. The molecule has 0 aromatic heterocycles. The molecule has 0 bridgehead atoms. The highest BCUT2D eigenvalue weighted by atomic mass is 32.2. The van der Waals surface area contributed by atoms with Crippen molar-refractivity contribution in [1.82, 2.24) is 15.1 Å². The van der Waals surface area contributed by atoms with E-state index in [-0.39, 0.29) is 34.9 Å². The van der Waals surface area contributed by atoms with E-state index < -0.39 is 21.1 Å². The molecule has 1 aromatic rings. The number of hydrogen-bond donors (Lipinski definition) is 1. The number of hydrogen-bond acceptors (Lipinski definition) is 5. The molecular formula is C31H51N3O4S. The summed E-state index contributed by atoms with van der Waals surface area (Å²) >= 11 is 0. The molecule has 2 aliphatic rings. The van der Waals surface area contributed by atoms with Crippen molar-refractivity contribution in [1.29, 1.82) is 0 Å². The lowest BCUT2D eigenvalue weighted by Gasteiger charge is -2.45. The molecule has 1 aliphatic carbocycles. The van der Waals surface area contributed by atoms with Crippen molar-refractivity contribution in [3.63, 3.8) is 0 Å². The van der Waals surface area contributed by atoms with Gasteiger partial charge in [0.25, 0.3) is 5.91 Å². The predicted molar refractivity (Wildman–Crippen MR) is 159 cm³/mol. The molecule has 8 heteroatoms. The largest absolute Gasteiger partial charge is 0.340 e. The molecule has 3 rings (SSSR count). The first-order chi connectivity index (χ1) is 18.2. The third-order valence-electron chi connectivity index (χ3n) is 8.63. The van der Waals surface area contributed by atoms with Crippen LogP contribution in [0.1, 0.15) is 103 Å². The molecule has 220 valence electrons. The summed E-state index contributed by atoms with van der Waals surface area (Å²) in [6, 6.07) is 7.59. The van der Waals surface area contributed by atoms with Gasteiger partial charge in [-0.05, 0) is 95.4 Å². The van der Waals surface area contributed by atoms with Gasteiger partial charge >= 0.3 is 0 Å². The number of nitrogens with one attached hydrogen (secondary N) is 1. The first-order valence-corrected chi connectivity index (χ1v) is 16.6. The fourth-order valence-electron chi connectivity index (χ4n) is 6.26. The minimum atomic E-state index is -3.27. The smallest absolute Gasteiger partial charge is 0.251 e. The van der Waals surface area contributed by atoms with Crippen LogP contribution in [-0.4, -0.2) is 78.3 Å². The maximum atomic E-state index is 13.6. The summed E-state index contributed by atoms with van der Waals surface area (Å²) in [5.74, 6) is -0.336. The van der Waals surface area contributed by atoms with Crippen LogP contribution in [0.15, 0.2) is 24.3 Å². The second-order valence-corrected chi connectivity index (χ2v) is 15.8. The van der Waals surface area contributed by atoms with Gasteiger partial charge < -0.3 is 10.2 Å². The first kappa shape index (κ1) is 31.6. The van der Waals surface area contributed by atoms with Crippen LogP contribution < -0.4 is 5.32 Å². The molecule has 0 spiro atoms. The van der Waals surface area contributed by atoms with Crippen LogP contribution in [0.5, 0.6) is 0 Å². The van der Waals surface area contributed by atoms with Crippen LogP contribution in [0, 0.1) is 5.92 Å². The highest BCUT2D eigenvalue weighted by molar-refractivity contribution is 7.91. The Bertz CT molecular complexity index is 1110. The lowest BCUT2D eigenvalue weighted by atomic mass is 9.80. The number of rotatable bonds is 10. The SMILES string of the molecule is CCCN(C(C)C)[C@@H]1CC[C@H](N2CC[C@H](NC(=O)c3cccc(C(C)(C)C)c3)C2=O)[C@@H](CS(=O)(=O)C(C)C)C1. The van der Waals surface area contributed by atoms with Gasteiger partial charge in [-0.25, -0.2) is 8.42 Å². The molecule has 1 saturated carbocycles.